The lowest BCUT2D eigenvalue weighted by Gasteiger charge is -2.37. The second-order valence-corrected chi connectivity index (χ2v) is 5.14. The Kier molecular flexibility index (Phi) is 5.20. The average Bonchev–Trinajstić information content (AvgIpc) is 2.25. The summed E-state index contributed by atoms with van der Waals surface area (Å²) in [6.07, 6.45) is 7.18. The van der Waals surface area contributed by atoms with Crippen LogP contribution in [0, 0.1) is 11.8 Å². The Bertz CT molecular complexity index is 259. The van der Waals surface area contributed by atoms with Crippen molar-refractivity contribution in [3.63, 3.8) is 0 Å². The lowest BCUT2D eigenvalue weighted by molar-refractivity contribution is -0.128. The zero-order chi connectivity index (χ0) is 12.1. The molecule has 2 nitrogen and oxygen atoms in total. The molecule has 1 heterocycles. The van der Waals surface area contributed by atoms with Crippen molar-refractivity contribution in [3.05, 3.63) is 12.2 Å². The van der Waals surface area contributed by atoms with E-state index in [-0.39, 0.29) is 6.04 Å². The number of carbonyl (C=O) groups is 1. The van der Waals surface area contributed by atoms with Gasteiger partial charge >= 0.3 is 0 Å². The summed E-state index contributed by atoms with van der Waals surface area (Å²) in [5, 5.41) is 0. The van der Waals surface area contributed by atoms with E-state index in [0.29, 0.717) is 17.6 Å². The Labute approximate surface area is 99.7 Å². The number of hydrogen-bond acceptors (Lipinski definition) is 2. The zero-order valence-corrected chi connectivity index (χ0v) is 11.1. The standard InChI is InChI=1S/C14H25NO/c1-5-6-8-11(2)12(3)14-13(16)9-7-10-15(14)4/h5-6,11-12,14H,7-10H2,1-4H3/b6-5+/t11-,12?,14+/m1/s1. The molecule has 16 heavy (non-hydrogen) atoms. The van der Waals surface area contributed by atoms with Crippen molar-refractivity contribution in [2.24, 2.45) is 11.8 Å². The molecular weight excluding hydrogens is 198 g/mol. The molecule has 1 unspecified atom stereocenters. The van der Waals surface area contributed by atoms with E-state index >= 15 is 0 Å². The highest BCUT2D eigenvalue weighted by Crippen LogP contribution is 2.26. The van der Waals surface area contributed by atoms with Crippen LogP contribution in [-0.2, 0) is 4.79 Å². The first-order valence-corrected chi connectivity index (χ1v) is 6.42. The highest BCUT2D eigenvalue weighted by atomic mass is 16.1. The third-order valence-corrected chi connectivity index (χ3v) is 3.88. The summed E-state index contributed by atoms with van der Waals surface area (Å²) >= 11 is 0. The Morgan fingerprint density at radius 1 is 1.50 bits per heavy atom. The van der Waals surface area contributed by atoms with E-state index < -0.39 is 0 Å². The van der Waals surface area contributed by atoms with Gasteiger partial charge in [-0.1, -0.05) is 26.0 Å². The number of carbonyl (C=O) groups excluding carboxylic acids is 1. The lowest BCUT2D eigenvalue weighted by Crippen LogP contribution is -2.48. The van der Waals surface area contributed by atoms with E-state index in [2.05, 4.69) is 44.9 Å². The van der Waals surface area contributed by atoms with Crippen LogP contribution in [0.25, 0.3) is 0 Å². The number of rotatable bonds is 4. The van der Waals surface area contributed by atoms with E-state index in [1.165, 1.54) is 0 Å². The van der Waals surface area contributed by atoms with E-state index in [9.17, 15) is 4.79 Å². The fourth-order valence-corrected chi connectivity index (χ4v) is 2.61. The van der Waals surface area contributed by atoms with Gasteiger partial charge in [0, 0.05) is 6.42 Å². The third-order valence-electron chi connectivity index (χ3n) is 3.88. The topological polar surface area (TPSA) is 20.3 Å². The van der Waals surface area contributed by atoms with E-state index in [1.54, 1.807) is 0 Å². The SMILES string of the molecule is C/C=C/C[C@@H](C)C(C)[C@H]1C(=O)CCCN1C. The largest absolute Gasteiger partial charge is 0.298 e. The second kappa shape index (κ2) is 6.19. The number of Topliss-reactive ketones (excluding diaryl/α,β-unsaturated/α-hetero) is 1. The zero-order valence-electron chi connectivity index (χ0n) is 11.1. The van der Waals surface area contributed by atoms with Crippen LogP contribution >= 0.6 is 0 Å². The summed E-state index contributed by atoms with van der Waals surface area (Å²) in [5.41, 5.74) is 0. The van der Waals surface area contributed by atoms with Gasteiger partial charge in [-0.05, 0) is 45.2 Å². The predicted molar refractivity (Wildman–Crippen MR) is 68.4 cm³/mol. The van der Waals surface area contributed by atoms with Gasteiger partial charge in [0.25, 0.3) is 0 Å². The van der Waals surface area contributed by atoms with Crippen molar-refractivity contribution in [1.82, 2.24) is 4.90 Å². The van der Waals surface area contributed by atoms with Gasteiger partial charge in [0.1, 0.15) is 5.78 Å². The molecule has 0 radical (unpaired) electrons. The van der Waals surface area contributed by atoms with Crippen LogP contribution in [0.5, 0.6) is 0 Å². The smallest absolute Gasteiger partial charge is 0.150 e. The van der Waals surface area contributed by atoms with E-state index in [4.69, 9.17) is 0 Å². The Hall–Kier alpha value is -0.630. The van der Waals surface area contributed by atoms with Gasteiger partial charge in [-0.2, -0.15) is 0 Å². The van der Waals surface area contributed by atoms with Crippen molar-refractivity contribution in [1.29, 1.82) is 0 Å². The van der Waals surface area contributed by atoms with Crippen LogP contribution in [0.2, 0.25) is 0 Å². The molecule has 0 bridgehead atoms. The van der Waals surface area contributed by atoms with Crippen molar-refractivity contribution < 1.29 is 4.79 Å². The second-order valence-electron chi connectivity index (χ2n) is 5.14. The first kappa shape index (κ1) is 13.4. The Balaban J connectivity index is 2.62. The first-order valence-electron chi connectivity index (χ1n) is 6.42. The Morgan fingerprint density at radius 3 is 2.75 bits per heavy atom. The van der Waals surface area contributed by atoms with Crippen molar-refractivity contribution in [3.8, 4) is 0 Å². The molecule has 1 aliphatic heterocycles. The number of nitrogens with zero attached hydrogens (tertiary/aromatic N) is 1. The summed E-state index contributed by atoms with van der Waals surface area (Å²) in [6, 6.07) is 0.147. The number of likely N-dealkylation sites (N-methyl/N-ethyl adjacent to an activating group) is 1. The molecule has 0 spiro atoms. The molecule has 1 aliphatic rings. The fraction of sp³-hybridized carbons (Fsp3) is 0.786. The molecule has 0 amide bonds. The minimum atomic E-state index is 0.147. The molecule has 0 N–H and O–H groups in total. The van der Waals surface area contributed by atoms with Crippen LogP contribution in [-0.4, -0.2) is 30.3 Å². The lowest BCUT2D eigenvalue weighted by atomic mass is 9.81. The van der Waals surface area contributed by atoms with Crippen LogP contribution in [0.4, 0.5) is 0 Å². The van der Waals surface area contributed by atoms with Gasteiger partial charge in [0.2, 0.25) is 0 Å². The van der Waals surface area contributed by atoms with Crippen molar-refractivity contribution >= 4 is 5.78 Å². The maximum absolute atomic E-state index is 12.0. The highest BCUT2D eigenvalue weighted by molar-refractivity contribution is 5.85. The molecule has 0 saturated carbocycles. The van der Waals surface area contributed by atoms with Crippen LogP contribution in [0.15, 0.2) is 12.2 Å². The van der Waals surface area contributed by atoms with Crippen molar-refractivity contribution in [2.75, 3.05) is 13.6 Å². The third kappa shape index (κ3) is 3.18. The van der Waals surface area contributed by atoms with Crippen LogP contribution in [0.1, 0.15) is 40.0 Å². The fourth-order valence-electron chi connectivity index (χ4n) is 2.61. The molecule has 92 valence electrons. The highest BCUT2D eigenvalue weighted by Gasteiger charge is 2.33. The summed E-state index contributed by atoms with van der Waals surface area (Å²) in [4.78, 5) is 14.2. The van der Waals surface area contributed by atoms with E-state index in [0.717, 1.165) is 25.8 Å². The molecule has 3 atom stereocenters. The molecule has 2 heteroatoms. The predicted octanol–water partition coefficient (Wildman–Crippen LogP) is 2.89. The summed E-state index contributed by atoms with van der Waals surface area (Å²) in [7, 11) is 2.08. The molecule has 1 saturated heterocycles. The van der Waals surface area contributed by atoms with Gasteiger partial charge < -0.3 is 0 Å². The van der Waals surface area contributed by atoms with Gasteiger partial charge in [-0.25, -0.2) is 0 Å². The molecule has 0 aliphatic carbocycles. The number of ketones is 1. The molecular formula is C14H25NO. The van der Waals surface area contributed by atoms with Gasteiger partial charge in [-0.15, -0.1) is 0 Å². The summed E-state index contributed by atoms with van der Waals surface area (Å²) in [6.45, 7) is 7.59. The van der Waals surface area contributed by atoms with Crippen molar-refractivity contribution in [2.45, 2.75) is 46.1 Å². The normalized spacial score (nSPS) is 27.2. The average molecular weight is 223 g/mol. The minimum absolute atomic E-state index is 0.147. The monoisotopic (exact) mass is 223 g/mol. The summed E-state index contributed by atoms with van der Waals surface area (Å²) < 4.78 is 0. The minimum Gasteiger partial charge on any atom is -0.298 e. The molecule has 1 rings (SSSR count). The molecule has 1 fully saturated rings. The number of allylic oxidation sites excluding steroid dienone is 2. The van der Waals surface area contributed by atoms with Crippen LogP contribution in [0.3, 0.4) is 0 Å². The maximum Gasteiger partial charge on any atom is 0.150 e. The number of hydrogen-bond donors (Lipinski definition) is 0. The van der Waals surface area contributed by atoms with Gasteiger partial charge in [0.15, 0.2) is 0 Å². The molecule has 0 aromatic carbocycles. The quantitative estimate of drug-likeness (QED) is 0.683. The summed E-state index contributed by atoms with van der Waals surface area (Å²) in [5.74, 6) is 1.47. The molecule has 0 aromatic rings. The van der Waals surface area contributed by atoms with Gasteiger partial charge in [-0.3, -0.25) is 9.69 Å². The molecule has 0 aromatic heterocycles. The van der Waals surface area contributed by atoms with Crippen LogP contribution < -0.4 is 0 Å². The van der Waals surface area contributed by atoms with E-state index in [1.807, 2.05) is 0 Å². The first-order chi connectivity index (χ1) is 7.57. The number of likely N-dealkylation sites (tertiary alicyclic amines) is 1. The number of piperidine rings is 1. The Morgan fingerprint density at radius 2 is 2.19 bits per heavy atom. The van der Waals surface area contributed by atoms with Gasteiger partial charge in [0.05, 0.1) is 6.04 Å². The maximum atomic E-state index is 12.0.